The van der Waals surface area contributed by atoms with Crippen LogP contribution >= 0.6 is 22.6 Å². The van der Waals surface area contributed by atoms with Crippen LogP contribution in [0.4, 0.5) is 10.6 Å². The van der Waals surface area contributed by atoms with Crippen molar-refractivity contribution in [2.75, 3.05) is 18.4 Å². The molecule has 1 fully saturated rings. The Morgan fingerprint density at radius 1 is 1.41 bits per heavy atom. The zero-order valence-electron chi connectivity index (χ0n) is 9.14. The zero-order chi connectivity index (χ0) is 12.3. The van der Waals surface area contributed by atoms with Gasteiger partial charge in [-0.15, -0.1) is 10.2 Å². The second kappa shape index (κ2) is 5.48. The SMILES string of the molecule is O=C(O)N1CCC(Nc2ccc(I)nn2)CC1. The molecule has 0 aromatic carbocycles. The van der Waals surface area contributed by atoms with Crippen molar-refractivity contribution in [3.63, 3.8) is 0 Å². The van der Waals surface area contributed by atoms with Crippen molar-refractivity contribution in [3.8, 4) is 0 Å². The number of halogens is 1. The minimum Gasteiger partial charge on any atom is -0.465 e. The first-order chi connectivity index (χ1) is 8.15. The number of hydrogen-bond donors (Lipinski definition) is 2. The number of rotatable bonds is 2. The average Bonchev–Trinajstić information content (AvgIpc) is 2.33. The van der Waals surface area contributed by atoms with E-state index in [1.165, 1.54) is 4.90 Å². The highest BCUT2D eigenvalue weighted by molar-refractivity contribution is 14.1. The van der Waals surface area contributed by atoms with Gasteiger partial charge >= 0.3 is 6.09 Å². The summed E-state index contributed by atoms with van der Waals surface area (Å²) in [4.78, 5) is 12.2. The number of carboxylic acid groups (broad SMARTS) is 1. The summed E-state index contributed by atoms with van der Waals surface area (Å²) in [6, 6.07) is 4.06. The van der Waals surface area contributed by atoms with Gasteiger partial charge in [0.15, 0.2) is 0 Å². The summed E-state index contributed by atoms with van der Waals surface area (Å²) < 4.78 is 0.855. The number of nitrogens with zero attached hydrogens (tertiary/aromatic N) is 3. The molecule has 0 atom stereocenters. The molecular weight excluding hydrogens is 335 g/mol. The molecule has 1 aliphatic heterocycles. The summed E-state index contributed by atoms with van der Waals surface area (Å²) in [6.45, 7) is 1.15. The minimum atomic E-state index is -0.836. The molecule has 0 bridgehead atoms. The summed E-state index contributed by atoms with van der Waals surface area (Å²) >= 11 is 2.10. The van der Waals surface area contributed by atoms with Gasteiger partial charge in [0.1, 0.15) is 9.52 Å². The first-order valence-electron chi connectivity index (χ1n) is 5.39. The van der Waals surface area contributed by atoms with Crippen LogP contribution in [-0.4, -0.2) is 45.4 Å². The maximum Gasteiger partial charge on any atom is 0.407 e. The highest BCUT2D eigenvalue weighted by Crippen LogP contribution is 2.15. The lowest BCUT2D eigenvalue weighted by molar-refractivity contribution is 0.133. The maximum atomic E-state index is 10.7. The molecule has 17 heavy (non-hydrogen) atoms. The normalized spacial score (nSPS) is 16.9. The first-order valence-corrected chi connectivity index (χ1v) is 6.46. The Kier molecular flexibility index (Phi) is 3.97. The number of likely N-dealkylation sites (tertiary alicyclic amines) is 1. The van der Waals surface area contributed by atoms with Crippen molar-refractivity contribution in [2.24, 2.45) is 0 Å². The lowest BCUT2D eigenvalue weighted by Crippen LogP contribution is -2.41. The fourth-order valence-corrected chi connectivity index (χ4v) is 2.10. The molecule has 0 unspecified atom stereocenters. The van der Waals surface area contributed by atoms with Gasteiger partial charge in [0.25, 0.3) is 0 Å². The smallest absolute Gasteiger partial charge is 0.407 e. The molecule has 2 rings (SSSR count). The van der Waals surface area contributed by atoms with Crippen molar-refractivity contribution in [2.45, 2.75) is 18.9 Å². The van der Waals surface area contributed by atoms with E-state index in [0.717, 1.165) is 22.4 Å². The van der Waals surface area contributed by atoms with Crippen molar-refractivity contribution >= 4 is 34.5 Å². The number of aromatic nitrogens is 2. The van der Waals surface area contributed by atoms with Crippen LogP contribution < -0.4 is 5.32 Å². The van der Waals surface area contributed by atoms with Gasteiger partial charge in [0, 0.05) is 19.1 Å². The predicted molar refractivity (Wildman–Crippen MR) is 71.0 cm³/mol. The van der Waals surface area contributed by atoms with E-state index in [1.807, 2.05) is 12.1 Å². The Balaban J connectivity index is 1.85. The molecule has 1 aliphatic rings. The molecule has 0 radical (unpaired) electrons. The molecule has 2 heterocycles. The Bertz CT molecular complexity index is 390. The first kappa shape index (κ1) is 12.3. The third kappa shape index (κ3) is 3.42. The van der Waals surface area contributed by atoms with Gasteiger partial charge < -0.3 is 15.3 Å². The van der Waals surface area contributed by atoms with E-state index in [0.29, 0.717) is 13.1 Å². The molecule has 6 nitrogen and oxygen atoms in total. The molecular formula is C10H13IN4O2. The van der Waals surface area contributed by atoms with Gasteiger partial charge in [0.05, 0.1) is 0 Å². The summed E-state index contributed by atoms with van der Waals surface area (Å²) in [5, 5.41) is 20.1. The van der Waals surface area contributed by atoms with Crippen LogP contribution in [0.15, 0.2) is 12.1 Å². The second-order valence-corrected chi connectivity index (χ2v) is 5.03. The maximum absolute atomic E-state index is 10.7. The lowest BCUT2D eigenvalue weighted by Gasteiger charge is -2.30. The molecule has 0 saturated carbocycles. The summed E-state index contributed by atoms with van der Waals surface area (Å²) in [5.41, 5.74) is 0. The molecule has 0 spiro atoms. The van der Waals surface area contributed by atoms with Crippen LogP contribution in [0, 0.1) is 3.70 Å². The number of amides is 1. The second-order valence-electron chi connectivity index (χ2n) is 3.93. The van der Waals surface area contributed by atoms with Gasteiger partial charge in [-0.2, -0.15) is 0 Å². The van der Waals surface area contributed by atoms with Gasteiger partial charge in [-0.25, -0.2) is 4.79 Å². The van der Waals surface area contributed by atoms with Gasteiger partial charge in [0.2, 0.25) is 0 Å². The van der Waals surface area contributed by atoms with Crippen LogP contribution in [0.5, 0.6) is 0 Å². The molecule has 92 valence electrons. The number of hydrogen-bond acceptors (Lipinski definition) is 4. The zero-order valence-corrected chi connectivity index (χ0v) is 11.3. The molecule has 1 amide bonds. The Labute approximate surface area is 113 Å². The number of anilines is 1. The van der Waals surface area contributed by atoms with Gasteiger partial charge in [-0.3, -0.25) is 0 Å². The fourth-order valence-electron chi connectivity index (χ4n) is 1.82. The Morgan fingerprint density at radius 3 is 2.65 bits per heavy atom. The van der Waals surface area contributed by atoms with E-state index in [9.17, 15) is 4.79 Å². The van der Waals surface area contributed by atoms with E-state index in [-0.39, 0.29) is 6.04 Å². The molecule has 1 aromatic heterocycles. The third-order valence-electron chi connectivity index (χ3n) is 2.75. The number of piperidine rings is 1. The monoisotopic (exact) mass is 348 g/mol. The molecule has 2 N–H and O–H groups in total. The van der Waals surface area contributed by atoms with Crippen molar-refractivity contribution < 1.29 is 9.90 Å². The molecule has 1 aromatic rings. The standard InChI is InChI=1S/C10H13IN4O2/c11-8-1-2-9(14-13-8)12-7-3-5-15(6-4-7)10(16)17/h1-2,7H,3-6H2,(H,12,14)(H,16,17). The molecule has 1 saturated heterocycles. The predicted octanol–water partition coefficient (Wildman–Crippen LogP) is 1.64. The molecule has 0 aliphatic carbocycles. The molecule has 7 heteroatoms. The number of nitrogens with one attached hydrogen (secondary N) is 1. The third-order valence-corrected chi connectivity index (χ3v) is 3.32. The van der Waals surface area contributed by atoms with Gasteiger partial charge in [-0.05, 0) is 47.6 Å². The highest BCUT2D eigenvalue weighted by Gasteiger charge is 2.22. The van der Waals surface area contributed by atoms with Crippen LogP contribution in [0.25, 0.3) is 0 Å². The van der Waals surface area contributed by atoms with Crippen molar-refractivity contribution in [1.82, 2.24) is 15.1 Å². The summed E-state index contributed by atoms with van der Waals surface area (Å²) in [5.74, 6) is 0.749. The van der Waals surface area contributed by atoms with E-state index in [4.69, 9.17) is 5.11 Å². The quantitative estimate of drug-likeness (QED) is 0.795. The Morgan fingerprint density at radius 2 is 2.12 bits per heavy atom. The van der Waals surface area contributed by atoms with Crippen LogP contribution in [0.2, 0.25) is 0 Å². The van der Waals surface area contributed by atoms with Crippen molar-refractivity contribution in [3.05, 3.63) is 15.8 Å². The van der Waals surface area contributed by atoms with Crippen molar-refractivity contribution in [1.29, 1.82) is 0 Å². The lowest BCUT2D eigenvalue weighted by atomic mass is 10.1. The topological polar surface area (TPSA) is 78.4 Å². The minimum absolute atomic E-state index is 0.278. The summed E-state index contributed by atoms with van der Waals surface area (Å²) in [6.07, 6.45) is 0.775. The average molecular weight is 348 g/mol. The van der Waals surface area contributed by atoms with Gasteiger partial charge in [-0.1, -0.05) is 0 Å². The van der Waals surface area contributed by atoms with Crippen LogP contribution in [-0.2, 0) is 0 Å². The van der Waals surface area contributed by atoms with E-state index in [1.54, 1.807) is 0 Å². The Hall–Kier alpha value is -1.12. The van der Waals surface area contributed by atoms with Crippen LogP contribution in [0.3, 0.4) is 0 Å². The van der Waals surface area contributed by atoms with Crippen LogP contribution in [0.1, 0.15) is 12.8 Å². The largest absolute Gasteiger partial charge is 0.465 e. The van der Waals surface area contributed by atoms with E-state index >= 15 is 0 Å². The fraction of sp³-hybridized carbons (Fsp3) is 0.500. The number of carbonyl (C=O) groups is 1. The van der Waals surface area contributed by atoms with E-state index < -0.39 is 6.09 Å². The van der Waals surface area contributed by atoms with E-state index in [2.05, 4.69) is 38.1 Å². The highest BCUT2D eigenvalue weighted by atomic mass is 127. The summed E-state index contributed by atoms with van der Waals surface area (Å²) in [7, 11) is 0.